The highest BCUT2D eigenvalue weighted by Crippen LogP contribution is 2.28. The molecule has 0 aliphatic rings. The topological polar surface area (TPSA) is 85.9 Å². The summed E-state index contributed by atoms with van der Waals surface area (Å²) >= 11 is 0. The number of fused-ring (bicyclic) bond motifs is 1. The second-order valence-corrected chi connectivity index (χ2v) is 4.87. The number of aliphatic hydroxyl groups excluding tert-OH is 1. The molecule has 3 aromatic rings. The summed E-state index contributed by atoms with van der Waals surface area (Å²) in [4.78, 5) is 9.90. The van der Waals surface area contributed by atoms with Gasteiger partial charge in [0.05, 0.1) is 23.8 Å². The number of hydrogen-bond donors (Lipinski definition) is 4. The largest absolute Gasteiger partial charge is 0.433 e. The Hall–Kier alpha value is -2.88. The molecule has 24 heavy (non-hydrogen) atoms. The number of pyridine rings is 2. The van der Waals surface area contributed by atoms with E-state index in [1.54, 1.807) is 0 Å². The van der Waals surface area contributed by atoms with E-state index in [9.17, 15) is 22.7 Å². The Balaban J connectivity index is 1.71. The molecule has 0 aliphatic carbocycles. The summed E-state index contributed by atoms with van der Waals surface area (Å²) in [6.07, 6.45) is -2.40. The SMILES string of the molecule is OC(Nc1ccc(C(F)(F)F)nc1)Nc1c[nH]c2ncc(F)cc12. The molecular formula is C14H11F4N5O. The van der Waals surface area contributed by atoms with Crippen LogP contribution in [0.4, 0.5) is 28.9 Å². The van der Waals surface area contributed by atoms with Gasteiger partial charge in [-0.15, -0.1) is 0 Å². The molecule has 4 N–H and O–H groups in total. The van der Waals surface area contributed by atoms with Crippen LogP contribution in [0.3, 0.4) is 0 Å². The standard InChI is InChI=1S/C14H11F4N5O/c15-7-3-9-10(6-21-12(9)20-4-7)23-13(24)22-8-1-2-11(19-5-8)14(16,17)18/h1-6,13,22-24H,(H,20,21). The zero-order valence-electron chi connectivity index (χ0n) is 11.9. The van der Waals surface area contributed by atoms with Crippen LogP contribution in [0, 0.1) is 5.82 Å². The zero-order chi connectivity index (χ0) is 17.3. The molecule has 3 heterocycles. The maximum Gasteiger partial charge on any atom is 0.433 e. The second kappa shape index (κ2) is 5.96. The van der Waals surface area contributed by atoms with Crippen LogP contribution < -0.4 is 10.6 Å². The number of nitrogens with one attached hydrogen (secondary N) is 3. The Labute approximate surface area is 132 Å². The van der Waals surface area contributed by atoms with Crippen molar-refractivity contribution in [2.45, 2.75) is 12.5 Å². The molecule has 1 unspecified atom stereocenters. The van der Waals surface area contributed by atoms with Gasteiger partial charge in [-0.25, -0.2) is 14.4 Å². The Morgan fingerprint density at radius 2 is 1.92 bits per heavy atom. The number of H-pyrrole nitrogens is 1. The van der Waals surface area contributed by atoms with E-state index in [2.05, 4.69) is 25.6 Å². The van der Waals surface area contributed by atoms with Crippen LogP contribution in [-0.4, -0.2) is 26.4 Å². The van der Waals surface area contributed by atoms with Gasteiger partial charge in [-0.3, -0.25) is 0 Å². The molecule has 3 aromatic heterocycles. The lowest BCUT2D eigenvalue weighted by molar-refractivity contribution is -0.141. The summed E-state index contributed by atoms with van der Waals surface area (Å²) in [5.74, 6) is -0.542. The number of aromatic amines is 1. The molecule has 0 aliphatic heterocycles. The molecule has 0 amide bonds. The molecule has 6 nitrogen and oxygen atoms in total. The van der Waals surface area contributed by atoms with E-state index in [1.807, 2.05) is 0 Å². The molecule has 0 radical (unpaired) electrons. The van der Waals surface area contributed by atoms with Crippen molar-refractivity contribution in [2.75, 3.05) is 10.6 Å². The fourth-order valence-corrected chi connectivity index (χ4v) is 2.09. The Bertz CT molecular complexity index is 846. The van der Waals surface area contributed by atoms with Gasteiger partial charge in [-0.05, 0) is 18.2 Å². The third-order valence-electron chi connectivity index (χ3n) is 3.15. The van der Waals surface area contributed by atoms with Crippen LogP contribution in [0.2, 0.25) is 0 Å². The van der Waals surface area contributed by atoms with E-state index >= 15 is 0 Å². The second-order valence-electron chi connectivity index (χ2n) is 4.87. The fourth-order valence-electron chi connectivity index (χ4n) is 2.09. The van der Waals surface area contributed by atoms with Crippen molar-refractivity contribution in [3.05, 3.63) is 48.3 Å². The molecule has 0 spiro atoms. The van der Waals surface area contributed by atoms with Gasteiger partial charge < -0.3 is 20.7 Å². The van der Waals surface area contributed by atoms with Crippen molar-refractivity contribution in [3.63, 3.8) is 0 Å². The predicted octanol–water partition coefficient (Wildman–Crippen LogP) is 2.92. The van der Waals surface area contributed by atoms with E-state index in [4.69, 9.17) is 0 Å². The molecule has 3 rings (SSSR count). The Morgan fingerprint density at radius 3 is 2.58 bits per heavy atom. The van der Waals surface area contributed by atoms with Gasteiger partial charge in [-0.2, -0.15) is 13.2 Å². The van der Waals surface area contributed by atoms with Crippen molar-refractivity contribution < 1.29 is 22.7 Å². The van der Waals surface area contributed by atoms with Gasteiger partial charge in [0.25, 0.3) is 0 Å². The first-order chi connectivity index (χ1) is 11.3. The molecular weight excluding hydrogens is 330 g/mol. The third-order valence-corrected chi connectivity index (χ3v) is 3.15. The highest BCUT2D eigenvalue weighted by molar-refractivity contribution is 5.89. The van der Waals surface area contributed by atoms with Crippen LogP contribution in [0.1, 0.15) is 5.69 Å². The molecule has 1 atom stereocenters. The van der Waals surface area contributed by atoms with E-state index in [0.29, 0.717) is 16.7 Å². The Morgan fingerprint density at radius 1 is 1.12 bits per heavy atom. The molecule has 0 saturated heterocycles. The summed E-state index contributed by atoms with van der Waals surface area (Å²) in [5.41, 5.74) is -0.0695. The van der Waals surface area contributed by atoms with Gasteiger partial charge in [0.15, 0.2) is 0 Å². The van der Waals surface area contributed by atoms with Crippen LogP contribution in [-0.2, 0) is 6.18 Å². The number of halogens is 4. The maximum atomic E-state index is 13.2. The number of nitrogens with zero attached hydrogens (tertiary/aromatic N) is 2. The molecule has 0 bridgehead atoms. The van der Waals surface area contributed by atoms with Crippen LogP contribution in [0.5, 0.6) is 0 Å². The molecule has 10 heteroatoms. The molecule has 0 aromatic carbocycles. The summed E-state index contributed by atoms with van der Waals surface area (Å²) in [6.45, 7) is 0. The van der Waals surface area contributed by atoms with Crippen LogP contribution in [0.15, 0.2) is 36.8 Å². The number of alkyl halides is 3. The summed E-state index contributed by atoms with van der Waals surface area (Å²) in [7, 11) is 0. The summed E-state index contributed by atoms with van der Waals surface area (Å²) < 4.78 is 50.5. The van der Waals surface area contributed by atoms with Crippen LogP contribution >= 0.6 is 0 Å². The normalized spacial score (nSPS) is 13.0. The molecule has 0 saturated carbocycles. The van der Waals surface area contributed by atoms with Gasteiger partial charge in [0.2, 0.25) is 6.35 Å². The predicted molar refractivity (Wildman–Crippen MR) is 78.5 cm³/mol. The van der Waals surface area contributed by atoms with Gasteiger partial charge in [0.1, 0.15) is 17.2 Å². The zero-order valence-corrected chi connectivity index (χ0v) is 11.9. The highest BCUT2D eigenvalue weighted by atomic mass is 19.4. The van der Waals surface area contributed by atoms with Crippen molar-refractivity contribution >= 4 is 22.4 Å². The minimum Gasteiger partial charge on any atom is -0.357 e. The minimum absolute atomic E-state index is 0.173. The first-order valence-electron chi connectivity index (χ1n) is 6.70. The smallest absolute Gasteiger partial charge is 0.357 e. The van der Waals surface area contributed by atoms with Crippen LogP contribution in [0.25, 0.3) is 11.0 Å². The van der Waals surface area contributed by atoms with E-state index in [-0.39, 0.29) is 5.69 Å². The minimum atomic E-state index is -4.53. The maximum absolute atomic E-state index is 13.2. The number of aliphatic hydroxyl groups is 1. The lowest BCUT2D eigenvalue weighted by Crippen LogP contribution is -2.28. The lowest BCUT2D eigenvalue weighted by atomic mass is 10.3. The monoisotopic (exact) mass is 341 g/mol. The van der Waals surface area contributed by atoms with Crippen molar-refractivity contribution in [2.24, 2.45) is 0 Å². The molecule has 126 valence electrons. The number of anilines is 2. The lowest BCUT2D eigenvalue weighted by Gasteiger charge is -2.16. The first-order valence-corrected chi connectivity index (χ1v) is 6.70. The first kappa shape index (κ1) is 16.0. The molecule has 0 fully saturated rings. The van der Waals surface area contributed by atoms with Gasteiger partial charge >= 0.3 is 6.18 Å². The summed E-state index contributed by atoms with van der Waals surface area (Å²) in [6, 6.07) is 3.16. The average Bonchev–Trinajstić information content (AvgIpc) is 2.89. The third kappa shape index (κ3) is 3.38. The van der Waals surface area contributed by atoms with E-state index in [0.717, 1.165) is 24.5 Å². The number of rotatable bonds is 4. The van der Waals surface area contributed by atoms with E-state index in [1.165, 1.54) is 12.3 Å². The van der Waals surface area contributed by atoms with Crippen molar-refractivity contribution in [1.29, 1.82) is 0 Å². The van der Waals surface area contributed by atoms with Gasteiger partial charge in [0, 0.05) is 11.6 Å². The van der Waals surface area contributed by atoms with Crippen molar-refractivity contribution in [1.82, 2.24) is 15.0 Å². The average molecular weight is 341 g/mol. The summed E-state index contributed by atoms with van der Waals surface area (Å²) in [5, 5.41) is 15.5. The fraction of sp³-hybridized carbons (Fsp3) is 0.143. The van der Waals surface area contributed by atoms with E-state index < -0.39 is 24.0 Å². The Kier molecular flexibility index (Phi) is 3.97. The number of aromatic nitrogens is 3. The number of hydrogen-bond acceptors (Lipinski definition) is 5. The van der Waals surface area contributed by atoms with Gasteiger partial charge in [-0.1, -0.05) is 0 Å². The van der Waals surface area contributed by atoms with Crippen molar-refractivity contribution in [3.8, 4) is 0 Å². The highest BCUT2D eigenvalue weighted by Gasteiger charge is 2.32. The quantitative estimate of drug-likeness (QED) is 0.433.